The molecule has 0 spiro atoms. The lowest BCUT2D eigenvalue weighted by molar-refractivity contribution is -0.136. The van der Waals surface area contributed by atoms with Crippen molar-refractivity contribution in [2.45, 2.75) is 6.04 Å². The molecule has 2 rings (SSSR count). The Kier molecular flexibility index (Phi) is 5.07. The van der Waals surface area contributed by atoms with Crippen molar-refractivity contribution < 1.29 is 14.1 Å². The molecule has 8 heteroatoms. The highest BCUT2D eigenvalue weighted by molar-refractivity contribution is 7.10. The van der Waals surface area contributed by atoms with E-state index in [1.165, 1.54) is 12.3 Å². The van der Waals surface area contributed by atoms with Crippen LogP contribution >= 0.6 is 11.3 Å². The van der Waals surface area contributed by atoms with Gasteiger partial charge in [-0.2, -0.15) is 0 Å². The van der Waals surface area contributed by atoms with E-state index >= 15 is 0 Å². The van der Waals surface area contributed by atoms with Crippen LogP contribution in [0.1, 0.15) is 10.9 Å². The third-order valence-corrected chi connectivity index (χ3v) is 3.81. The first kappa shape index (κ1) is 15.2. The van der Waals surface area contributed by atoms with Gasteiger partial charge < -0.3 is 14.7 Å². The molecule has 0 unspecified atom stereocenters. The van der Waals surface area contributed by atoms with Crippen LogP contribution in [0.2, 0.25) is 0 Å². The van der Waals surface area contributed by atoms with Gasteiger partial charge in [0, 0.05) is 17.5 Å². The molecule has 0 aliphatic heterocycles. The van der Waals surface area contributed by atoms with E-state index in [0.29, 0.717) is 6.54 Å². The minimum Gasteiger partial charge on any atom is -0.363 e. The highest BCUT2D eigenvalue weighted by Gasteiger charge is 2.19. The van der Waals surface area contributed by atoms with E-state index in [1.807, 2.05) is 36.5 Å². The van der Waals surface area contributed by atoms with Crippen LogP contribution in [0.4, 0.5) is 5.82 Å². The molecule has 0 saturated heterocycles. The quantitative estimate of drug-likeness (QED) is 0.808. The van der Waals surface area contributed by atoms with Crippen LogP contribution < -0.4 is 10.6 Å². The summed E-state index contributed by atoms with van der Waals surface area (Å²) in [6.45, 7) is 0.346. The van der Waals surface area contributed by atoms with E-state index in [-0.39, 0.29) is 11.9 Å². The van der Waals surface area contributed by atoms with Crippen molar-refractivity contribution in [3.63, 3.8) is 0 Å². The molecule has 112 valence electrons. The Morgan fingerprint density at radius 3 is 2.76 bits per heavy atom. The predicted molar refractivity (Wildman–Crippen MR) is 78.9 cm³/mol. The van der Waals surface area contributed by atoms with Crippen LogP contribution in [-0.2, 0) is 9.59 Å². The normalized spacial score (nSPS) is 12.1. The first-order chi connectivity index (χ1) is 10.1. The minimum absolute atomic E-state index is 0.0220. The lowest BCUT2D eigenvalue weighted by Crippen LogP contribution is -2.40. The first-order valence-corrected chi connectivity index (χ1v) is 7.15. The number of nitrogens with one attached hydrogen (secondary N) is 2. The van der Waals surface area contributed by atoms with Crippen molar-refractivity contribution in [3.05, 3.63) is 34.7 Å². The molecule has 2 N–H and O–H groups in total. The molecule has 2 aromatic rings. The lowest BCUT2D eigenvalue weighted by Gasteiger charge is -2.23. The number of amides is 2. The van der Waals surface area contributed by atoms with Crippen molar-refractivity contribution in [2.24, 2.45) is 0 Å². The Balaban J connectivity index is 1.88. The van der Waals surface area contributed by atoms with Gasteiger partial charge in [0.2, 0.25) is 0 Å². The van der Waals surface area contributed by atoms with Gasteiger partial charge >= 0.3 is 11.8 Å². The lowest BCUT2D eigenvalue weighted by atomic mass is 10.2. The van der Waals surface area contributed by atoms with Crippen molar-refractivity contribution in [1.29, 1.82) is 0 Å². The highest BCUT2D eigenvalue weighted by atomic mass is 32.1. The number of carbonyl (C=O) groups is 2. The molecule has 0 aliphatic carbocycles. The van der Waals surface area contributed by atoms with E-state index in [4.69, 9.17) is 0 Å². The Morgan fingerprint density at radius 2 is 2.19 bits per heavy atom. The average Bonchev–Trinajstić information content (AvgIpc) is 3.11. The van der Waals surface area contributed by atoms with Crippen LogP contribution in [0.25, 0.3) is 0 Å². The summed E-state index contributed by atoms with van der Waals surface area (Å²) < 4.78 is 4.57. The number of anilines is 1. The van der Waals surface area contributed by atoms with Gasteiger partial charge in [0.1, 0.15) is 6.26 Å². The molecule has 0 fully saturated rings. The number of rotatable bonds is 5. The summed E-state index contributed by atoms with van der Waals surface area (Å²) >= 11 is 1.61. The van der Waals surface area contributed by atoms with Crippen molar-refractivity contribution >= 4 is 29.0 Å². The topological polar surface area (TPSA) is 87.5 Å². The van der Waals surface area contributed by atoms with Gasteiger partial charge in [0.25, 0.3) is 0 Å². The molecule has 21 heavy (non-hydrogen) atoms. The molecule has 0 bridgehead atoms. The van der Waals surface area contributed by atoms with Crippen molar-refractivity contribution in [1.82, 2.24) is 15.4 Å². The maximum Gasteiger partial charge on any atom is 0.314 e. The summed E-state index contributed by atoms with van der Waals surface area (Å²) in [6, 6.07) is 5.43. The van der Waals surface area contributed by atoms with Gasteiger partial charge in [-0.3, -0.25) is 14.9 Å². The number of likely N-dealkylation sites (N-methyl/N-ethyl adjacent to an activating group) is 1. The molecular weight excluding hydrogens is 292 g/mol. The number of thiophene rings is 1. The summed E-state index contributed by atoms with van der Waals surface area (Å²) in [5.74, 6) is -1.27. The van der Waals surface area contributed by atoms with Crippen LogP contribution in [0.15, 0.2) is 34.4 Å². The van der Waals surface area contributed by atoms with Crippen LogP contribution in [0.3, 0.4) is 0 Å². The van der Waals surface area contributed by atoms with Gasteiger partial charge in [0.15, 0.2) is 5.82 Å². The zero-order chi connectivity index (χ0) is 15.2. The van der Waals surface area contributed by atoms with Gasteiger partial charge in [-0.25, -0.2) is 0 Å². The second kappa shape index (κ2) is 7.00. The zero-order valence-corrected chi connectivity index (χ0v) is 12.5. The molecule has 0 aromatic carbocycles. The molecule has 2 heterocycles. The zero-order valence-electron chi connectivity index (χ0n) is 11.7. The maximum atomic E-state index is 11.8. The highest BCUT2D eigenvalue weighted by Crippen LogP contribution is 2.22. The second-order valence-electron chi connectivity index (χ2n) is 4.54. The Morgan fingerprint density at radius 1 is 1.38 bits per heavy atom. The number of carbonyl (C=O) groups excluding carboxylic acids is 2. The maximum absolute atomic E-state index is 11.8. The third-order valence-electron chi connectivity index (χ3n) is 2.84. The molecule has 0 saturated carbocycles. The summed E-state index contributed by atoms with van der Waals surface area (Å²) in [7, 11) is 3.85. The Labute approximate surface area is 125 Å². The number of aromatic nitrogens is 1. The summed E-state index contributed by atoms with van der Waals surface area (Å²) in [5.41, 5.74) is 0. The smallest absolute Gasteiger partial charge is 0.314 e. The van der Waals surface area contributed by atoms with E-state index in [9.17, 15) is 9.59 Å². The average molecular weight is 308 g/mol. The third kappa shape index (κ3) is 4.14. The molecule has 7 nitrogen and oxygen atoms in total. The Hall–Kier alpha value is -2.19. The van der Waals surface area contributed by atoms with E-state index in [0.717, 1.165) is 4.88 Å². The van der Waals surface area contributed by atoms with Crippen LogP contribution in [-0.4, -0.2) is 42.5 Å². The fourth-order valence-corrected chi connectivity index (χ4v) is 2.66. The van der Waals surface area contributed by atoms with Gasteiger partial charge in [-0.05, 0) is 25.5 Å². The first-order valence-electron chi connectivity index (χ1n) is 6.27. The van der Waals surface area contributed by atoms with Gasteiger partial charge in [-0.1, -0.05) is 11.2 Å². The Bertz CT molecular complexity index is 581. The van der Waals surface area contributed by atoms with Crippen molar-refractivity contribution in [2.75, 3.05) is 26.0 Å². The molecule has 2 aromatic heterocycles. The fraction of sp³-hybridized carbons (Fsp3) is 0.308. The number of hydrogen-bond donors (Lipinski definition) is 2. The minimum atomic E-state index is -0.771. The molecular formula is C13H16N4O3S. The van der Waals surface area contributed by atoms with Crippen LogP contribution in [0.5, 0.6) is 0 Å². The number of nitrogens with zero attached hydrogens (tertiary/aromatic N) is 2. The van der Waals surface area contributed by atoms with Gasteiger partial charge in [0.05, 0.1) is 6.04 Å². The number of hydrogen-bond acceptors (Lipinski definition) is 6. The van der Waals surface area contributed by atoms with Crippen LogP contribution in [0, 0.1) is 0 Å². The van der Waals surface area contributed by atoms with E-state index in [1.54, 1.807) is 11.3 Å². The van der Waals surface area contributed by atoms with E-state index < -0.39 is 11.8 Å². The molecule has 2 amide bonds. The molecule has 1 atom stereocenters. The molecule has 0 radical (unpaired) electrons. The standard InChI is InChI=1S/C13H16N4O3S/c1-17(2)9(10-4-3-7-21-10)8-14-12(18)13(19)15-11-5-6-20-16-11/h3-7,9H,8H2,1-2H3,(H,14,18)(H,15,16,19)/t9-/m1/s1. The predicted octanol–water partition coefficient (Wildman–Crippen LogP) is 1.09. The molecule has 0 aliphatic rings. The van der Waals surface area contributed by atoms with E-state index in [2.05, 4.69) is 20.3 Å². The summed E-state index contributed by atoms with van der Waals surface area (Å²) in [6.07, 6.45) is 1.31. The summed E-state index contributed by atoms with van der Waals surface area (Å²) in [4.78, 5) is 26.5. The largest absolute Gasteiger partial charge is 0.363 e. The summed E-state index contributed by atoms with van der Waals surface area (Å²) in [5, 5.41) is 10.4. The van der Waals surface area contributed by atoms with Gasteiger partial charge in [-0.15, -0.1) is 11.3 Å². The monoisotopic (exact) mass is 308 g/mol. The fourth-order valence-electron chi connectivity index (χ4n) is 1.74. The van der Waals surface area contributed by atoms with Crippen molar-refractivity contribution in [3.8, 4) is 0 Å². The SMILES string of the molecule is CN(C)[C@H](CNC(=O)C(=O)Nc1ccon1)c1cccs1. The second-order valence-corrected chi connectivity index (χ2v) is 5.52.